The summed E-state index contributed by atoms with van der Waals surface area (Å²) in [5.74, 6) is 0.169. The fourth-order valence-electron chi connectivity index (χ4n) is 3.26. The molecule has 1 atom stereocenters. The van der Waals surface area contributed by atoms with Crippen LogP contribution in [0.1, 0.15) is 11.1 Å². The lowest BCUT2D eigenvalue weighted by atomic mass is 10.0. The van der Waals surface area contributed by atoms with Crippen molar-refractivity contribution in [1.82, 2.24) is 15.3 Å². The summed E-state index contributed by atoms with van der Waals surface area (Å²) < 4.78 is 0.739. The van der Waals surface area contributed by atoms with Crippen molar-refractivity contribution in [2.24, 2.45) is 0 Å². The number of aromatic amines is 1. The molecule has 3 aromatic rings. The minimum atomic E-state index is -1.15. The third-order valence-corrected chi connectivity index (χ3v) is 4.85. The first kappa shape index (κ1) is 17.3. The van der Waals surface area contributed by atoms with E-state index in [9.17, 15) is 14.7 Å². The van der Waals surface area contributed by atoms with Gasteiger partial charge in [-0.15, -0.1) is 0 Å². The molecular formula is C19H15BrN4O3. The molecule has 2 amide bonds. The molecule has 1 aromatic carbocycles. The van der Waals surface area contributed by atoms with E-state index in [0.717, 1.165) is 20.9 Å². The van der Waals surface area contributed by atoms with Crippen molar-refractivity contribution in [2.75, 3.05) is 5.32 Å². The third-order valence-electron chi connectivity index (χ3n) is 4.41. The number of hydrogen-bond acceptors (Lipinski definition) is 3. The molecule has 7 nitrogen and oxygen atoms in total. The van der Waals surface area contributed by atoms with E-state index >= 15 is 0 Å². The number of benzene rings is 1. The minimum Gasteiger partial charge on any atom is -0.465 e. The van der Waals surface area contributed by atoms with Crippen molar-refractivity contribution in [3.05, 3.63) is 64.4 Å². The number of amides is 2. The monoisotopic (exact) mass is 426 g/mol. The van der Waals surface area contributed by atoms with Crippen LogP contribution in [0.3, 0.4) is 0 Å². The van der Waals surface area contributed by atoms with Gasteiger partial charge < -0.3 is 20.7 Å². The highest BCUT2D eigenvalue weighted by Gasteiger charge is 2.27. The molecule has 0 saturated carbocycles. The second-order valence-electron chi connectivity index (χ2n) is 6.20. The largest absolute Gasteiger partial charge is 0.465 e. The van der Waals surface area contributed by atoms with E-state index in [2.05, 4.69) is 36.5 Å². The molecule has 8 heteroatoms. The highest BCUT2D eigenvalue weighted by molar-refractivity contribution is 9.10. The summed E-state index contributed by atoms with van der Waals surface area (Å²) in [5.41, 5.74) is 2.99. The van der Waals surface area contributed by atoms with Crippen LogP contribution in [-0.4, -0.2) is 33.1 Å². The molecule has 0 radical (unpaired) electrons. The van der Waals surface area contributed by atoms with Crippen LogP contribution < -0.4 is 10.6 Å². The zero-order valence-corrected chi connectivity index (χ0v) is 15.6. The van der Waals surface area contributed by atoms with E-state index in [4.69, 9.17) is 0 Å². The van der Waals surface area contributed by atoms with Crippen molar-refractivity contribution in [1.29, 1.82) is 0 Å². The zero-order chi connectivity index (χ0) is 19.0. The summed E-state index contributed by atoms with van der Waals surface area (Å²) >= 11 is 3.35. The van der Waals surface area contributed by atoms with E-state index in [1.807, 2.05) is 30.5 Å². The molecular weight excluding hydrogens is 412 g/mol. The number of aromatic nitrogens is 2. The van der Waals surface area contributed by atoms with Gasteiger partial charge in [0.2, 0.25) is 0 Å². The van der Waals surface area contributed by atoms with Gasteiger partial charge in [0.1, 0.15) is 5.82 Å². The third kappa shape index (κ3) is 3.43. The maximum absolute atomic E-state index is 12.4. The Morgan fingerprint density at radius 1 is 1.37 bits per heavy atom. The number of nitrogens with one attached hydrogen (secondary N) is 3. The predicted octanol–water partition coefficient (Wildman–Crippen LogP) is 3.54. The minimum absolute atomic E-state index is 0.299. The Balaban J connectivity index is 1.71. The van der Waals surface area contributed by atoms with Gasteiger partial charge in [0.05, 0.1) is 6.04 Å². The zero-order valence-electron chi connectivity index (χ0n) is 14.0. The van der Waals surface area contributed by atoms with E-state index in [-0.39, 0.29) is 5.91 Å². The Morgan fingerprint density at radius 2 is 2.19 bits per heavy atom. The summed E-state index contributed by atoms with van der Waals surface area (Å²) in [6.07, 6.45) is 4.36. The molecule has 3 heterocycles. The Hall–Kier alpha value is -3.13. The van der Waals surface area contributed by atoms with Crippen LogP contribution in [0, 0.1) is 0 Å². The van der Waals surface area contributed by atoms with E-state index in [0.29, 0.717) is 23.4 Å². The lowest BCUT2D eigenvalue weighted by Gasteiger charge is -2.13. The van der Waals surface area contributed by atoms with Gasteiger partial charge in [-0.25, -0.2) is 9.78 Å². The smallest absolute Gasteiger partial charge is 0.405 e. The maximum atomic E-state index is 12.4. The van der Waals surface area contributed by atoms with Crippen molar-refractivity contribution < 1.29 is 14.7 Å². The van der Waals surface area contributed by atoms with Crippen LogP contribution in [-0.2, 0) is 11.2 Å². The van der Waals surface area contributed by atoms with Gasteiger partial charge in [0.25, 0.3) is 5.91 Å². The number of carbonyl (C=O) groups is 2. The number of carboxylic acid groups (broad SMARTS) is 1. The highest BCUT2D eigenvalue weighted by Crippen LogP contribution is 2.32. The first-order valence-electron chi connectivity index (χ1n) is 8.25. The molecule has 27 heavy (non-hydrogen) atoms. The summed E-state index contributed by atoms with van der Waals surface area (Å²) in [7, 11) is 0. The number of fused-ring (bicyclic) bond motifs is 2. The maximum Gasteiger partial charge on any atom is 0.405 e. The molecule has 0 bridgehead atoms. The van der Waals surface area contributed by atoms with E-state index in [1.165, 1.54) is 0 Å². The topological polar surface area (TPSA) is 107 Å². The quantitative estimate of drug-likeness (QED) is 0.478. The van der Waals surface area contributed by atoms with Gasteiger partial charge in [-0.05, 0) is 46.1 Å². The fourth-order valence-corrected chi connectivity index (χ4v) is 3.59. The molecule has 136 valence electrons. The van der Waals surface area contributed by atoms with Gasteiger partial charge in [-0.2, -0.15) is 0 Å². The van der Waals surface area contributed by atoms with Gasteiger partial charge in [-0.1, -0.05) is 18.2 Å². The Labute approximate surface area is 162 Å². The first-order chi connectivity index (χ1) is 13.0. The van der Waals surface area contributed by atoms with Crippen molar-refractivity contribution in [2.45, 2.75) is 12.5 Å². The predicted molar refractivity (Wildman–Crippen MR) is 105 cm³/mol. The number of anilines is 1. The average Bonchev–Trinajstić information content (AvgIpc) is 3.16. The van der Waals surface area contributed by atoms with E-state index < -0.39 is 12.1 Å². The lowest BCUT2D eigenvalue weighted by Crippen LogP contribution is -2.34. The van der Waals surface area contributed by atoms with Crippen LogP contribution in [0.5, 0.6) is 0 Å². The molecule has 1 aliphatic rings. The molecule has 0 fully saturated rings. The summed E-state index contributed by atoms with van der Waals surface area (Å²) in [6, 6.07) is 9.01. The van der Waals surface area contributed by atoms with Crippen molar-refractivity contribution >= 4 is 50.2 Å². The highest BCUT2D eigenvalue weighted by atomic mass is 79.9. The summed E-state index contributed by atoms with van der Waals surface area (Å²) in [6.45, 7) is 0. The lowest BCUT2D eigenvalue weighted by molar-refractivity contribution is -0.110. The Morgan fingerprint density at radius 3 is 3.00 bits per heavy atom. The SMILES string of the molecule is O=C(O)N[C@H](C=C1C(=O)Nc2ncc(Br)cc21)Cc1c[nH]c2ccccc12. The molecule has 1 aliphatic heterocycles. The van der Waals surface area contributed by atoms with Gasteiger partial charge in [0, 0.05) is 38.9 Å². The summed E-state index contributed by atoms with van der Waals surface area (Å²) in [4.78, 5) is 31.0. The Bertz CT molecular complexity index is 1090. The normalized spacial score (nSPS) is 15.6. The number of H-pyrrole nitrogens is 1. The summed E-state index contributed by atoms with van der Waals surface area (Å²) in [5, 5.41) is 15.4. The number of nitrogens with zero attached hydrogens (tertiary/aromatic N) is 1. The molecule has 0 aliphatic carbocycles. The van der Waals surface area contributed by atoms with Gasteiger partial charge >= 0.3 is 6.09 Å². The molecule has 2 aromatic heterocycles. The van der Waals surface area contributed by atoms with Crippen LogP contribution in [0.2, 0.25) is 0 Å². The fraction of sp³-hybridized carbons (Fsp3) is 0.105. The van der Waals surface area contributed by atoms with Gasteiger partial charge in [0.15, 0.2) is 0 Å². The molecule has 0 unspecified atom stereocenters. The second kappa shape index (κ2) is 6.88. The number of pyridine rings is 1. The molecule has 0 spiro atoms. The number of halogens is 1. The first-order valence-corrected chi connectivity index (χ1v) is 9.04. The number of hydrogen-bond donors (Lipinski definition) is 4. The van der Waals surface area contributed by atoms with Crippen molar-refractivity contribution in [3.63, 3.8) is 0 Å². The van der Waals surface area contributed by atoms with Crippen molar-refractivity contribution in [3.8, 4) is 0 Å². The number of rotatable bonds is 4. The molecule has 4 rings (SSSR count). The molecule has 4 N–H and O–H groups in total. The molecule has 0 saturated heterocycles. The van der Waals surface area contributed by atoms with Crippen LogP contribution in [0.15, 0.2) is 53.3 Å². The van der Waals surface area contributed by atoms with Gasteiger partial charge in [-0.3, -0.25) is 4.79 Å². The Kier molecular flexibility index (Phi) is 4.41. The average molecular weight is 427 g/mol. The van der Waals surface area contributed by atoms with Crippen LogP contribution in [0.25, 0.3) is 16.5 Å². The van der Waals surface area contributed by atoms with Crippen LogP contribution >= 0.6 is 15.9 Å². The van der Waals surface area contributed by atoms with Crippen LogP contribution in [0.4, 0.5) is 10.6 Å². The van der Waals surface area contributed by atoms with E-state index in [1.54, 1.807) is 18.3 Å². The standard InChI is InChI=1S/C19H15BrN4O3/c20-11-6-14-15(18(25)24-17(14)22-9-11)7-12(23-19(26)27)5-10-8-21-16-4-2-1-3-13(10)16/h1-4,6-9,12,21,23H,5H2,(H,26,27)(H,22,24,25)/t12-/m0/s1. The second-order valence-corrected chi connectivity index (χ2v) is 7.12. The number of para-hydroxylation sites is 1. The number of carbonyl (C=O) groups excluding carboxylic acids is 1.